The zero-order valence-corrected chi connectivity index (χ0v) is 12.5. The van der Waals surface area contributed by atoms with Crippen molar-refractivity contribution in [3.8, 4) is 0 Å². The second-order valence-electron chi connectivity index (χ2n) is 5.42. The molecule has 1 heterocycles. The summed E-state index contributed by atoms with van der Waals surface area (Å²) >= 11 is 0. The number of rotatable bonds is 5. The molecule has 0 aliphatic heterocycles. The fraction of sp³-hybridized carbons (Fsp3) is 0.222. The van der Waals surface area contributed by atoms with Crippen molar-refractivity contribution in [2.75, 3.05) is 6.54 Å². The Labute approximate surface area is 129 Å². The number of nitrogens with one attached hydrogen (secondary N) is 1. The van der Waals surface area contributed by atoms with Crippen LogP contribution in [0.3, 0.4) is 0 Å². The number of carbonyl (C=O) groups is 1. The molecule has 1 N–H and O–H groups in total. The Hall–Kier alpha value is -2.62. The van der Waals surface area contributed by atoms with Crippen LogP contribution in [-0.2, 0) is 17.6 Å². The number of aromatic nitrogens is 1. The van der Waals surface area contributed by atoms with Crippen LogP contribution in [0.2, 0.25) is 0 Å². The standard InChI is InChI=1S/C18H18N2O2/c1-13-3-2-4-15(9-13)11-18(21)19-8-7-14-5-6-17-16(10-14)20-12-22-17/h2-6,9-10,12H,7-8,11H2,1H3,(H,19,21). The predicted octanol–water partition coefficient (Wildman–Crippen LogP) is 3.04. The number of hydrogen-bond donors (Lipinski definition) is 1. The molecule has 0 aliphatic carbocycles. The molecule has 2 aromatic carbocycles. The molecule has 0 spiro atoms. The van der Waals surface area contributed by atoms with Gasteiger partial charge in [0.2, 0.25) is 5.91 Å². The zero-order valence-electron chi connectivity index (χ0n) is 12.5. The highest BCUT2D eigenvalue weighted by molar-refractivity contribution is 5.78. The summed E-state index contributed by atoms with van der Waals surface area (Å²) in [5.74, 6) is 0.0492. The Morgan fingerprint density at radius 3 is 2.95 bits per heavy atom. The summed E-state index contributed by atoms with van der Waals surface area (Å²) in [5.41, 5.74) is 4.99. The summed E-state index contributed by atoms with van der Waals surface area (Å²) in [7, 11) is 0. The Bertz CT molecular complexity index is 792. The maximum absolute atomic E-state index is 11.9. The van der Waals surface area contributed by atoms with Crippen LogP contribution in [-0.4, -0.2) is 17.4 Å². The van der Waals surface area contributed by atoms with Crippen LogP contribution in [0.1, 0.15) is 16.7 Å². The van der Waals surface area contributed by atoms with Gasteiger partial charge in [0.1, 0.15) is 5.52 Å². The van der Waals surface area contributed by atoms with E-state index in [2.05, 4.69) is 10.3 Å². The lowest BCUT2D eigenvalue weighted by Crippen LogP contribution is -2.27. The first-order chi connectivity index (χ1) is 10.7. The van der Waals surface area contributed by atoms with Gasteiger partial charge in [-0.3, -0.25) is 4.79 Å². The quantitative estimate of drug-likeness (QED) is 0.787. The van der Waals surface area contributed by atoms with Crippen molar-refractivity contribution in [1.82, 2.24) is 10.3 Å². The van der Waals surface area contributed by atoms with Crippen molar-refractivity contribution < 1.29 is 9.21 Å². The van der Waals surface area contributed by atoms with Gasteiger partial charge in [0, 0.05) is 6.54 Å². The van der Waals surface area contributed by atoms with Gasteiger partial charge >= 0.3 is 0 Å². The number of benzene rings is 2. The molecule has 112 valence electrons. The number of amides is 1. The minimum atomic E-state index is 0.0492. The largest absolute Gasteiger partial charge is 0.443 e. The van der Waals surface area contributed by atoms with Crippen LogP contribution in [0.25, 0.3) is 11.1 Å². The molecular weight excluding hydrogens is 276 g/mol. The molecule has 0 aliphatic rings. The predicted molar refractivity (Wildman–Crippen MR) is 85.6 cm³/mol. The average Bonchev–Trinajstić information content (AvgIpc) is 2.95. The van der Waals surface area contributed by atoms with E-state index in [9.17, 15) is 4.79 Å². The summed E-state index contributed by atoms with van der Waals surface area (Å²) in [5, 5.41) is 2.96. The van der Waals surface area contributed by atoms with Gasteiger partial charge in [-0.05, 0) is 36.6 Å². The molecule has 22 heavy (non-hydrogen) atoms. The topological polar surface area (TPSA) is 55.1 Å². The number of aryl methyl sites for hydroxylation is 1. The molecule has 0 radical (unpaired) electrons. The van der Waals surface area contributed by atoms with E-state index in [0.717, 1.165) is 28.6 Å². The van der Waals surface area contributed by atoms with Crippen molar-refractivity contribution in [1.29, 1.82) is 0 Å². The molecular formula is C18H18N2O2. The third-order valence-electron chi connectivity index (χ3n) is 3.58. The number of carbonyl (C=O) groups excluding carboxylic acids is 1. The zero-order chi connectivity index (χ0) is 15.4. The summed E-state index contributed by atoms with van der Waals surface area (Å²) in [6.45, 7) is 2.65. The Morgan fingerprint density at radius 1 is 1.18 bits per heavy atom. The molecule has 3 aromatic rings. The smallest absolute Gasteiger partial charge is 0.224 e. The third-order valence-corrected chi connectivity index (χ3v) is 3.58. The van der Waals surface area contributed by atoms with Gasteiger partial charge in [-0.25, -0.2) is 4.98 Å². The normalized spacial score (nSPS) is 10.8. The third kappa shape index (κ3) is 3.52. The number of hydrogen-bond acceptors (Lipinski definition) is 3. The lowest BCUT2D eigenvalue weighted by Gasteiger charge is -2.06. The van der Waals surface area contributed by atoms with Gasteiger partial charge in [0.05, 0.1) is 6.42 Å². The van der Waals surface area contributed by atoms with E-state index in [0.29, 0.717) is 13.0 Å². The monoisotopic (exact) mass is 294 g/mol. The second kappa shape index (κ2) is 6.43. The van der Waals surface area contributed by atoms with E-state index in [1.165, 1.54) is 12.0 Å². The van der Waals surface area contributed by atoms with Gasteiger partial charge in [-0.2, -0.15) is 0 Å². The van der Waals surface area contributed by atoms with Crippen LogP contribution in [0.5, 0.6) is 0 Å². The molecule has 0 saturated carbocycles. The van der Waals surface area contributed by atoms with Gasteiger partial charge < -0.3 is 9.73 Å². The maximum atomic E-state index is 11.9. The minimum Gasteiger partial charge on any atom is -0.443 e. The van der Waals surface area contributed by atoms with Crippen molar-refractivity contribution in [2.24, 2.45) is 0 Å². The highest BCUT2D eigenvalue weighted by Gasteiger charge is 2.04. The highest BCUT2D eigenvalue weighted by Crippen LogP contribution is 2.14. The van der Waals surface area contributed by atoms with Crippen molar-refractivity contribution in [2.45, 2.75) is 19.8 Å². The molecule has 4 nitrogen and oxygen atoms in total. The molecule has 3 rings (SSSR count). The number of fused-ring (bicyclic) bond motifs is 1. The molecule has 0 unspecified atom stereocenters. The van der Waals surface area contributed by atoms with E-state index in [4.69, 9.17) is 4.42 Å². The van der Waals surface area contributed by atoms with E-state index in [-0.39, 0.29) is 5.91 Å². The van der Waals surface area contributed by atoms with Gasteiger partial charge in [0.15, 0.2) is 12.0 Å². The van der Waals surface area contributed by atoms with Crippen LogP contribution in [0.15, 0.2) is 53.3 Å². The van der Waals surface area contributed by atoms with Crippen molar-refractivity contribution >= 4 is 17.0 Å². The first-order valence-corrected chi connectivity index (χ1v) is 7.35. The molecule has 1 aromatic heterocycles. The van der Waals surface area contributed by atoms with Crippen molar-refractivity contribution in [3.63, 3.8) is 0 Å². The summed E-state index contributed by atoms with van der Waals surface area (Å²) in [6.07, 6.45) is 2.64. The molecule has 0 atom stereocenters. The second-order valence-corrected chi connectivity index (χ2v) is 5.42. The summed E-state index contributed by atoms with van der Waals surface area (Å²) in [6, 6.07) is 13.9. The Morgan fingerprint density at radius 2 is 2.09 bits per heavy atom. The number of nitrogens with zero attached hydrogens (tertiary/aromatic N) is 1. The SMILES string of the molecule is Cc1cccc(CC(=O)NCCc2ccc3ocnc3c2)c1. The van der Waals surface area contributed by atoms with E-state index >= 15 is 0 Å². The lowest BCUT2D eigenvalue weighted by atomic mass is 10.1. The molecule has 1 amide bonds. The van der Waals surface area contributed by atoms with E-state index < -0.39 is 0 Å². The maximum Gasteiger partial charge on any atom is 0.224 e. The average molecular weight is 294 g/mol. The number of oxazole rings is 1. The summed E-state index contributed by atoms with van der Waals surface area (Å²) < 4.78 is 5.21. The van der Waals surface area contributed by atoms with E-state index in [1.807, 2.05) is 49.4 Å². The van der Waals surface area contributed by atoms with Crippen LogP contribution in [0, 0.1) is 6.92 Å². The molecule has 0 saturated heterocycles. The lowest BCUT2D eigenvalue weighted by molar-refractivity contribution is -0.120. The van der Waals surface area contributed by atoms with Crippen LogP contribution >= 0.6 is 0 Å². The van der Waals surface area contributed by atoms with Crippen molar-refractivity contribution in [3.05, 3.63) is 65.5 Å². The first-order valence-electron chi connectivity index (χ1n) is 7.35. The molecule has 0 fully saturated rings. The Balaban J connectivity index is 1.50. The Kier molecular flexibility index (Phi) is 4.19. The van der Waals surface area contributed by atoms with Gasteiger partial charge in [0.25, 0.3) is 0 Å². The van der Waals surface area contributed by atoms with Crippen LogP contribution in [0.4, 0.5) is 0 Å². The van der Waals surface area contributed by atoms with Gasteiger partial charge in [-0.15, -0.1) is 0 Å². The fourth-order valence-electron chi connectivity index (χ4n) is 2.48. The van der Waals surface area contributed by atoms with E-state index in [1.54, 1.807) is 0 Å². The summed E-state index contributed by atoms with van der Waals surface area (Å²) in [4.78, 5) is 16.1. The fourth-order valence-corrected chi connectivity index (χ4v) is 2.48. The molecule has 4 heteroatoms. The molecule has 0 bridgehead atoms. The highest BCUT2D eigenvalue weighted by atomic mass is 16.3. The minimum absolute atomic E-state index is 0.0492. The van der Waals surface area contributed by atoms with Crippen LogP contribution < -0.4 is 5.32 Å². The first kappa shape index (κ1) is 14.3. The van der Waals surface area contributed by atoms with Gasteiger partial charge in [-0.1, -0.05) is 35.9 Å².